The minimum absolute atomic E-state index is 0.135. The number of hydrogen-bond acceptors (Lipinski definition) is 3. The Morgan fingerprint density at radius 1 is 1.15 bits per heavy atom. The predicted octanol–water partition coefficient (Wildman–Crippen LogP) is 3.93. The largest absolute Gasteiger partial charge is 0.497 e. The second-order valence-electron chi connectivity index (χ2n) is 7.26. The van der Waals surface area contributed by atoms with Crippen LogP contribution in [0.15, 0.2) is 36.7 Å². The van der Waals surface area contributed by atoms with E-state index in [2.05, 4.69) is 15.6 Å². The molecule has 1 aliphatic carbocycles. The maximum absolute atomic E-state index is 12.7. The van der Waals surface area contributed by atoms with Crippen LogP contribution in [0.5, 0.6) is 5.75 Å². The molecule has 2 N–H and O–H groups in total. The Bertz CT molecular complexity index is 718. The molecule has 1 heterocycles. The van der Waals surface area contributed by atoms with Crippen molar-refractivity contribution in [1.82, 2.24) is 20.2 Å². The normalized spacial score (nSPS) is 16.8. The predicted molar refractivity (Wildman–Crippen MR) is 106 cm³/mol. The summed E-state index contributed by atoms with van der Waals surface area (Å²) in [6.07, 6.45) is 12.0. The van der Waals surface area contributed by atoms with Crippen molar-refractivity contribution in [2.24, 2.45) is 7.05 Å². The van der Waals surface area contributed by atoms with E-state index in [-0.39, 0.29) is 18.1 Å². The van der Waals surface area contributed by atoms with Crippen molar-refractivity contribution in [3.8, 4) is 5.75 Å². The zero-order valence-corrected chi connectivity index (χ0v) is 16.3. The first-order chi connectivity index (χ1) is 13.2. The average Bonchev–Trinajstić information content (AvgIpc) is 3.08. The van der Waals surface area contributed by atoms with E-state index in [9.17, 15) is 4.79 Å². The summed E-state index contributed by atoms with van der Waals surface area (Å²) < 4.78 is 7.18. The summed E-state index contributed by atoms with van der Waals surface area (Å²) in [5, 5.41) is 6.30. The van der Waals surface area contributed by atoms with E-state index in [0.29, 0.717) is 0 Å². The minimum atomic E-state index is -0.315. The molecule has 0 radical (unpaired) electrons. The highest BCUT2D eigenvalue weighted by molar-refractivity contribution is 5.75. The van der Waals surface area contributed by atoms with Crippen LogP contribution in [0, 0.1) is 0 Å². The number of methoxy groups -OCH3 is 1. The average molecular weight is 370 g/mol. The van der Waals surface area contributed by atoms with Gasteiger partial charge in [0.2, 0.25) is 0 Å². The first-order valence-electron chi connectivity index (χ1n) is 9.85. The number of amides is 2. The Morgan fingerprint density at radius 3 is 2.41 bits per heavy atom. The fourth-order valence-electron chi connectivity index (χ4n) is 3.71. The van der Waals surface area contributed by atoms with E-state index in [1.54, 1.807) is 13.3 Å². The molecule has 2 amide bonds. The van der Waals surface area contributed by atoms with Crippen molar-refractivity contribution in [1.29, 1.82) is 0 Å². The van der Waals surface area contributed by atoms with E-state index in [4.69, 9.17) is 4.74 Å². The molecule has 0 aliphatic heterocycles. The first kappa shape index (κ1) is 19.3. The van der Waals surface area contributed by atoms with Crippen LogP contribution in [-0.4, -0.2) is 28.7 Å². The first-order valence-corrected chi connectivity index (χ1v) is 9.85. The van der Waals surface area contributed by atoms with Crippen molar-refractivity contribution in [3.05, 3.63) is 48.0 Å². The summed E-state index contributed by atoms with van der Waals surface area (Å²) in [5.74, 6) is 1.59. The second-order valence-corrected chi connectivity index (χ2v) is 7.26. The zero-order chi connectivity index (χ0) is 19.1. The molecule has 2 aromatic rings. The summed E-state index contributed by atoms with van der Waals surface area (Å²) >= 11 is 0. The van der Waals surface area contributed by atoms with Crippen molar-refractivity contribution in [2.75, 3.05) is 7.11 Å². The Balaban J connectivity index is 1.72. The molecule has 1 aliphatic rings. The van der Waals surface area contributed by atoms with Crippen LogP contribution in [0.2, 0.25) is 0 Å². The lowest BCUT2D eigenvalue weighted by Gasteiger charge is -2.24. The highest BCUT2D eigenvalue weighted by atomic mass is 16.5. The van der Waals surface area contributed by atoms with Gasteiger partial charge in [0.1, 0.15) is 17.6 Å². The maximum Gasteiger partial charge on any atom is 0.315 e. The van der Waals surface area contributed by atoms with Crippen LogP contribution in [-0.2, 0) is 7.05 Å². The molecule has 1 fully saturated rings. The van der Waals surface area contributed by atoms with Gasteiger partial charge in [-0.15, -0.1) is 0 Å². The minimum Gasteiger partial charge on any atom is -0.497 e. The van der Waals surface area contributed by atoms with Crippen molar-refractivity contribution < 1.29 is 9.53 Å². The van der Waals surface area contributed by atoms with E-state index < -0.39 is 0 Å². The number of carbonyl (C=O) groups is 1. The van der Waals surface area contributed by atoms with Gasteiger partial charge in [-0.3, -0.25) is 0 Å². The Kier molecular flexibility index (Phi) is 6.74. The fourth-order valence-corrected chi connectivity index (χ4v) is 3.71. The van der Waals surface area contributed by atoms with E-state index in [1.165, 1.54) is 32.1 Å². The van der Waals surface area contributed by atoms with Crippen LogP contribution in [0.25, 0.3) is 0 Å². The van der Waals surface area contributed by atoms with Crippen LogP contribution in [0.1, 0.15) is 62.4 Å². The molecular formula is C21H30N4O2. The van der Waals surface area contributed by atoms with Gasteiger partial charge in [-0.25, -0.2) is 9.78 Å². The standard InChI is InChI=1S/C21H30N4O2/c1-25-15-14-22-20(25)19(16-10-12-18(27-2)13-11-16)24-21(26)23-17-8-6-4-3-5-7-9-17/h10-15,17,19H,3-9H2,1-2H3,(H2,23,24,26)/t19-/m1/s1. The lowest BCUT2D eigenvalue weighted by Crippen LogP contribution is -2.44. The summed E-state index contributed by atoms with van der Waals surface area (Å²) in [6.45, 7) is 0. The molecular weight excluding hydrogens is 340 g/mol. The molecule has 0 unspecified atom stereocenters. The molecule has 1 atom stereocenters. The second kappa shape index (κ2) is 9.44. The molecule has 1 aromatic heterocycles. The Morgan fingerprint density at radius 2 is 1.81 bits per heavy atom. The molecule has 0 spiro atoms. The molecule has 1 saturated carbocycles. The number of aromatic nitrogens is 2. The third-order valence-corrected chi connectivity index (χ3v) is 5.28. The summed E-state index contributed by atoms with van der Waals surface area (Å²) in [7, 11) is 3.58. The molecule has 27 heavy (non-hydrogen) atoms. The lowest BCUT2D eigenvalue weighted by atomic mass is 9.97. The van der Waals surface area contributed by atoms with Crippen LogP contribution in [0.4, 0.5) is 4.79 Å². The van der Waals surface area contributed by atoms with E-state index in [1.807, 2.05) is 42.1 Å². The van der Waals surface area contributed by atoms with Crippen molar-refractivity contribution in [3.63, 3.8) is 0 Å². The Labute approximate surface area is 161 Å². The van der Waals surface area contributed by atoms with Crippen LogP contribution < -0.4 is 15.4 Å². The fraction of sp³-hybridized carbons (Fsp3) is 0.524. The van der Waals surface area contributed by atoms with Gasteiger partial charge in [0.15, 0.2) is 0 Å². The number of nitrogens with zero attached hydrogens (tertiary/aromatic N) is 2. The molecule has 146 valence electrons. The lowest BCUT2D eigenvalue weighted by molar-refractivity contribution is 0.231. The molecule has 6 heteroatoms. The van der Waals surface area contributed by atoms with Crippen LogP contribution in [0.3, 0.4) is 0 Å². The summed E-state index contributed by atoms with van der Waals surface area (Å²) in [4.78, 5) is 17.2. The van der Waals surface area contributed by atoms with Gasteiger partial charge in [-0.1, -0.05) is 44.2 Å². The highest BCUT2D eigenvalue weighted by Crippen LogP contribution is 2.23. The summed E-state index contributed by atoms with van der Waals surface area (Å²) in [5.41, 5.74) is 0.970. The van der Waals surface area contributed by atoms with Gasteiger partial charge in [-0.05, 0) is 30.5 Å². The molecule has 3 rings (SSSR count). The molecule has 0 saturated heterocycles. The number of urea groups is 1. The van der Waals surface area contributed by atoms with Gasteiger partial charge in [-0.2, -0.15) is 0 Å². The quantitative estimate of drug-likeness (QED) is 0.838. The number of hydrogen-bond donors (Lipinski definition) is 2. The van der Waals surface area contributed by atoms with Gasteiger partial charge in [0, 0.05) is 25.5 Å². The number of imidazole rings is 1. The maximum atomic E-state index is 12.7. The van der Waals surface area contributed by atoms with Gasteiger partial charge in [0.25, 0.3) is 0 Å². The monoisotopic (exact) mass is 370 g/mol. The van der Waals surface area contributed by atoms with Crippen molar-refractivity contribution >= 4 is 6.03 Å². The topological polar surface area (TPSA) is 68.2 Å². The third kappa shape index (κ3) is 5.25. The van der Waals surface area contributed by atoms with Gasteiger partial charge >= 0.3 is 6.03 Å². The van der Waals surface area contributed by atoms with Gasteiger partial charge in [0.05, 0.1) is 7.11 Å². The van der Waals surface area contributed by atoms with Gasteiger partial charge < -0.3 is 19.9 Å². The smallest absolute Gasteiger partial charge is 0.315 e. The van der Waals surface area contributed by atoms with E-state index in [0.717, 1.165) is 30.0 Å². The number of rotatable bonds is 5. The third-order valence-electron chi connectivity index (χ3n) is 5.28. The highest BCUT2D eigenvalue weighted by Gasteiger charge is 2.22. The number of nitrogens with one attached hydrogen (secondary N) is 2. The Hall–Kier alpha value is -2.50. The van der Waals surface area contributed by atoms with Crippen molar-refractivity contribution in [2.45, 2.75) is 57.0 Å². The SMILES string of the molecule is COc1ccc([C@@H](NC(=O)NC2CCCCCCC2)c2nccn2C)cc1. The van der Waals surface area contributed by atoms with E-state index >= 15 is 0 Å². The number of ether oxygens (including phenoxy) is 1. The number of benzene rings is 1. The number of carbonyl (C=O) groups excluding carboxylic acids is 1. The molecule has 0 bridgehead atoms. The molecule has 1 aromatic carbocycles. The molecule has 6 nitrogen and oxygen atoms in total. The zero-order valence-electron chi connectivity index (χ0n) is 16.3. The van der Waals surface area contributed by atoms with Crippen LogP contribution >= 0.6 is 0 Å². The number of aryl methyl sites for hydroxylation is 1. The summed E-state index contributed by atoms with van der Waals surface area (Å²) in [6, 6.07) is 7.54.